The number of nitrogens with zero attached hydrogens (tertiary/aromatic N) is 1. The van der Waals surface area contributed by atoms with Crippen molar-refractivity contribution in [1.82, 2.24) is 10.2 Å². The van der Waals surface area contributed by atoms with Gasteiger partial charge in [-0.2, -0.15) is 0 Å². The van der Waals surface area contributed by atoms with E-state index in [1.54, 1.807) is 12.1 Å². The predicted molar refractivity (Wildman–Crippen MR) is 82.8 cm³/mol. The zero-order valence-corrected chi connectivity index (χ0v) is 12.9. The van der Waals surface area contributed by atoms with Crippen molar-refractivity contribution in [3.63, 3.8) is 0 Å². The molecule has 0 atom stereocenters. The molecule has 23 heavy (non-hydrogen) atoms. The Balaban J connectivity index is 1.64. The van der Waals surface area contributed by atoms with E-state index in [1.807, 2.05) is 12.1 Å². The third kappa shape index (κ3) is 3.21. The Bertz CT molecular complexity index is 650. The Kier molecular flexibility index (Phi) is 4.07. The highest BCUT2D eigenvalue weighted by molar-refractivity contribution is 6.00. The van der Waals surface area contributed by atoms with Gasteiger partial charge in [-0.25, -0.2) is 0 Å². The van der Waals surface area contributed by atoms with Crippen LogP contribution in [0.25, 0.3) is 0 Å². The minimum atomic E-state index is -0.906. The second kappa shape index (κ2) is 6.02. The van der Waals surface area contributed by atoms with E-state index >= 15 is 0 Å². The normalized spacial score (nSPS) is 18.8. The molecule has 6 heteroatoms. The molecular weight excluding hydrogens is 296 g/mol. The van der Waals surface area contributed by atoms with Gasteiger partial charge in [0.05, 0.1) is 12.0 Å². The van der Waals surface area contributed by atoms with Gasteiger partial charge >= 0.3 is 5.97 Å². The number of amides is 2. The van der Waals surface area contributed by atoms with Crippen LogP contribution in [0, 0.1) is 0 Å². The Hall–Kier alpha value is -2.37. The molecule has 1 aromatic carbocycles. The first-order valence-electron chi connectivity index (χ1n) is 7.89. The maximum absolute atomic E-state index is 12.3. The van der Waals surface area contributed by atoms with E-state index in [1.165, 1.54) is 4.90 Å². The molecule has 0 spiro atoms. The number of hydrogen-bond acceptors (Lipinski definition) is 3. The molecule has 2 N–H and O–H groups in total. The first-order chi connectivity index (χ1) is 11.0. The standard InChI is InChI=1S/C17H20N2O4/c20-14(18-17(9-15(21)22)7-3-4-8-17)11-19-10-12-5-1-2-6-13(12)16(19)23/h1-2,5-6H,3-4,7-11H2,(H,18,20)(H,21,22). The molecule has 0 unspecified atom stereocenters. The molecule has 0 saturated heterocycles. The van der Waals surface area contributed by atoms with E-state index in [0.29, 0.717) is 24.9 Å². The molecule has 1 saturated carbocycles. The first-order valence-corrected chi connectivity index (χ1v) is 7.89. The van der Waals surface area contributed by atoms with Gasteiger partial charge in [-0.1, -0.05) is 31.0 Å². The average molecular weight is 316 g/mol. The van der Waals surface area contributed by atoms with Gasteiger partial charge in [0.25, 0.3) is 5.91 Å². The third-order valence-corrected chi connectivity index (χ3v) is 4.69. The summed E-state index contributed by atoms with van der Waals surface area (Å²) in [6.45, 7) is 0.392. The van der Waals surface area contributed by atoms with Crippen LogP contribution in [0.3, 0.4) is 0 Å². The van der Waals surface area contributed by atoms with Gasteiger partial charge in [0.2, 0.25) is 5.91 Å². The van der Waals surface area contributed by atoms with Gasteiger partial charge in [0.1, 0.15) is 6.54 Å². The van der Waals surface area contributed by atoms with Crippen molar-refractivity contribution in [3.05, 3.63) is 35.4 Å². The van der Waals surface area contributed by atoms with Crippen LogP contribution in [0.5, 0.6) is 0 Å². The number of carboxylic acid groups (broad SMARTS) is 1. The number of rotatable bonds is 5. The van der Waals surface area contributed by atoms with Gasteiger partial charge in [-0.3, -0.25) is 14.4 Å². The van der Waals surface area contributed by atoms with Crippen molar-refractivity contribution in [2.75, 3.05) is 6.54 Å². The number of carbonyl (C=O) groups is 3. The van der Waals surface area contributed by atoms with Crippen LogP contribution in [0.1, 0.15) is 48.0 Å². The van der Waals surface area contributed by atoms with Gasteiger partial charge in [-0.15, -0.1) is 0 Å². The number of fused-ring (bicyclic) bond motifs is 1. The first kappa shape index (κ1) is 15.5. The summed E-state index contributed by atoms with van der Waals surface area (Å²) in [5.74, 6) is -1.33. The monoisotopic (exact) mass is 316 g/mol. The lowest BCUT2D eigenvalue weighted by Crippen LogP contribution is -2.51. The maximum Gasteiger partial charge on any atom is 0.305 e. The number of nitrogens with one attached hydrogen (secondary N) is 1. The van der Waals surface area contributed by atoms with E-state index in [9.17, 15) is 14.4 Å². The number of benzene rings is 1. The Morgan fingerprint density at radius 3 is 2.57 bits per heavy atom. The lowest BCUT2D eigenvalue weighted by molar-refractivity contribution is -0.139. The van der Waals surface area contributed by atoms with Gasteiger partial charge < -0.3 is 15.3 Å². The molecule has 1 fully saturated rings. The fourth-order valence-electron chi connectivity index (χ4n) is 3.64. The van der Waals surface area contributed by atoms with E-state index in [4.69, 9.17) is 5.11 Å². The van der Waals surface area contributed by atoms with Crippen molar-refractivity contribution in [3.8, 4) is 0 Å². The largest absolute Gasteiger partial charge is 0.481 e. The maximum atomic E-state index is 12.3. The number of hydrogen-bond donors (Lipinski definition) is 2. The summed E-state index contributed by atoms with van der Waals surface area (Å²) >= 11 is 0. The third-order valence-electron chi connectivity index (χ3n) is 4.69. The van der Waals surface area contributed by atoms with Crippen molar-refractivity contribution in [2.45, 2.75) is 44.2 Å². The average Bonchev–Trinajstić information content (AvgIpc) is 3.05. The second-order valence-corrected chi connectivity index (χ2v) is 6.42. The number of aliphatic carboxylic acids is 1. The van der Waals surface area contributed by atoms with Crippen LogP contribution in [0.2, 0.25) is 0 Å². The highest BCUT2D eigenvalue weighted by Gasteiger charge is 2.38. The molecule has 6 nitrogen and oxygen atoms in total. The molecule has 122 valence electrons. The lowest BCUT2D eigenvalue weighted by atomic mass is 9.93. The van der Waals surface area contributed by atoms with E-state index < -0.39 is 11.5 Å². The van der Waals surface area contributed by atoms with Crippen LogP contribution in [-0.2, 0) is 16.1 Å². The van der Waals surface area contributed by atoms with Crippen LogP contribution < -0.4 is 5.32 Å². The quantitative estimate of drug-likeness (QED) is 0.863. The Morgan fingerprint density at radius 2 is 1.91 bits per heavy atom. The number of carboxylic acids is 1. The SMILES string of the molecule is O=C(O)CC1(NC(=O)CN2Cc3ccccc3C2=O)CCCC1. The fourth-order valence-corrected chi connectivity index (χ4v) is 3.64. The van der Waals surface area contributed by atoms with Crippen molar-refractivity contribution in [2.24, 2.45) is 0 Å². The van der Waals surface area contributed by atoms with Crippen LogP contribution in [0.4, 0.5) is 0 Å². The summed E-state index contributed by atoms with van der Waals surface area (Å²) in [6.07, 6.45) is 3.13. The predicted octanol–water partition coefficient (Wildman–Crippen LogP) is 1.55. The highest BCUT2D eigenvalue weighted by Crippen LogP contribution is 2.32. The van der Waals surface area contributed by atoms with Crippen LogP contribution >= 0.6 is 0 Å². The highest BCUT2D eigenvalue weighted by atomic mass is 16.4. The van der Waals surface area contributed by atoms with Crippen molar-refractivity contribution in [1.29, 1.82) is 0 Å². The van der Waals surface area contributed by atoms with E-state index in [-0.39, 0.29) is 24.8 Å². The van der Waals surface area contributed by atoms with E-state index in [2.05, 4.69) is 5.32 Å². The summed E-state index contributed by atoms with van der Waals surface area (Å²) in [5, 5.41) is 12.0. The molecule has 1 aromatic rings. The summed E-state index contributed by atoms with van der Waals surface area (Å²) < 4.78 is 0. The van der Waals surface area contributed by atoms with Gasteiger partial charge in [-0.05, 0) is 24.5 Å². The minimum absolute atomic E-state index is 0.0329. The topological polar surface area (TPSA) is 86.7 Å². The van der Waals surface area contributed by atoms with Crippen molar-refractivity contribution >= 4 is 17.8 Å². The Labute approximate surface area is 134 Å². The summed E-state index contributed by atoms with van der Waals surface area (Å²) in [5.41, 5.74) is 0.909. The molecule has 0 radical (unpaired) electrons. The smallest absolute Gasteiger partial charge is 0.305 e. The summed E-state index contributed by atoms with van der Waals surface area (Å²) in [6, 6.07) is 7.32. The minimum Gasteiger partial charge on any atom is -0.481 e. The van der Waals surface area contributed by atoms with Crippen LogP contribution in [-0.4, -0.2) is 39.9 Å². The van der Waals surface area contributed by atoms with Crippen molar-refractivity contribution < 1.29 is 19.5 Å². The molecule has 0 aromatic heterocycles. The molecular formula is C17H20N2O4. The molecule has 1 aliphatic heterocycles. The lowest BCUT2D eigenvalue weighted by Gasteiger charge is -2.29. The summed E-state index contributed by atoms with van der Waals surface area (Å²) in [4.78, 5) is 37.2. The second-order valence-electron chi connectivity index (χ2n) is 6.42. The molecule has 3 rings (SSSR count). The molecule has 2 aliphatic rings. The molecule has 2 amide bonds. The molecule has 1 aliphatic carbocycles. The Morgan fingerprint density at radius 1 is 1.22 bits per heavy atom. The molecule has 0 bridgehead atoms. The summed E-state index contributed by atoms with van der Waals surface area (Å²) in [7, 11) is 0. The fraction of sp³-hybridized carbons (Fsp3) is 0.471. The zero-order chi connectivity index (χ0) is 16.4. The number of carbonyl (C=O) groups excluding carboxylic acids is 2. The van der Waals surface area contributed by atoms with Gasteiger partial charge in [0.15, 0.2) is 0 Å². The zero-order valence-electron chi connectivity index (χ0n) is 12.9. The van der Waals surface area contributed by atoms with Crippen LogP contribution in [0.15, 0.2) is 24.3 Å². The van der Waals surface area contributed by atoms with Gasteiger partial charge in [0, 0.05) is 12.1 Å². The molecule has 1 heterocycles. The van der Waals surface area contributed by atoms with E-state index in [0.717, 1.165) is 18.4 Å².